The first-order valence-electron chi connectivity index (χ1n) is 19.2. The molecule has 1 aliphatic heterocycles. The second kappa shape index (κ2) is 20.7. The van der Waals surface area contributed by atoms with Crippen LogP contribution in [0.5, 0.6) is 5.75 Å². The minimum absolute atomic E-state index is 0.00691. The van der Waals surface area contributed by atoms with Crippen molar-refractivity contribution < 1.29 is 28.9 Å². The van der Waals surface area contributed by atoms with Gasteiger partial charge < -0.3 is 35.7 Å². The van der Waals surface area contributed by atoms with E-state index in [1.54, 1.807) is 31.0 Å². The topological polar surface area (TPSA) is 132 Å². The minimum atomic E-state index is -0.581. The number of para-hydroxylation sites is 3. The van der Waals surface area contributed by atoms with Gasteiger partial charge in [0.15, 0.2) is 6.29 Å². The van der Waals surface area contributed by atoms with E-state index in [-0.39, 0.29) is 30.6 Å². The molecule has 10 heteroatoms. The number of benzene rings is 5. The number of nitrogens with two attached hydrogens (primary N) is 1. The van der Waals surface area contributed by atoms with Crippen molar-refractivity contribution in [2.75, 3.05) is 23.9 Å². The molecule has 1 fully saturated rings. The van der Waals surface area contributed by atoms with Gasteiger partial charge in [-0.3, -0.25) is 9.59 Å². The van der Waals surface area contributed by atoms with Crippen molar-refractivity contribution >= 4 is 35.0 Å². The molecule has 292 valence electrons. The van der Waals surface area contributed by atoms with E-state index in [0.717, 1.165) is 75.5 Å². The summed E-state index contributed by atoms with van der Waals surface area (Å²) in [6.07, 6.45) is 3.99. The number of unbranched alkanes of at least 4 members (excludes halogenated alkanes) is 3. The van der Waals surface area contributed by atoms with E-state index < -0.39 is 6.29 Å². The number of hydrogen-bond acceptors (Lipinski definition) is 8. The van der Waals surface area contributed by atoms with E-state index >= 15 is 0 Å². The average Bonchev–Trinajstić information content (AvgIpc) is 3.24. The van der Waals surface area contributed by atoms with Crippen LogP contribution in [0.15, 0.2) is 126 Å². The molecule has 5 N–H and O–H groups in total. The number of hydrogen-bond donors (Lipinski definition) is 4. The fraction of sp³-hybridized carbons (Fsp3) is 0.304. The Kier molecular flexibility index (Phi) is 15.0. The summed E-state index contributed by atoms with van der Waals surface area (Å²) in [6, 6.07) is 39.6. The van der Waals surface area contributed by atoms with Crippen LogP contribution in [0.3, 0.4) is 0 Å². The molecule has 0 saturated carbocycles. The zero-order chi connectivity index (χ0) is 39.1. The molecule has 56 heavy (non-hydrogen) atoms. The number of rotatable bonds is 18. The fourth-order valence-corrected chi connectivity index (χ4v) is 7.75. The first-order valence-corrected chi connectivity index (χ1v) is 20.2. The second-order valence-corrected chi connectivity index (χ2v) is 15.0. The van der Waals surface area contributed by atoms with Gasteiger partial charge in [0.1, 0.15) is 5.75 Å². The number of methoxy groups -OCH3 is 1. The summed E-state index contributed by atoms with van der Waals surface area (Å²) in [4.78, 5) is 26.0. The number of ether oxygens (including phenoxy) is 3. The molecule has 6 rings (SSSR count). The minimum Gasteiger partial charge on any atom is -0.496 e. The van der Waals surface area contributed by atoms with Crippen molar-refractivity contribution in [3.63, 3.8) is 0 Å². The molecular formula is C46H51N3O6S. The maximum atomic E-state index is 12.7. The molecular weight excluding hydrogens is 723 g/mol. The summed E-state index contributed by atoms with van der Waals surface area (Å²) in [7, 11) is 1.69. The first kappa shape index (κ1) is 40.5. The lowest BCUT2D eigenvalue weighted by atomic mass is 9.99. The van der Waals surface area contributed by atoms with Crippen LogP contribution in [-0.2, 0) is 32.2 Å². The Bertz CT molecular complexity index is 2040. The molecule has 1 saturated heterocycles. The molecule has 2 amide bonds. The lowest BCUT2D eigenvalue weighted by molar-refractivity contribution is -0.245. The normalized spacial score (nSPS) is 16.6. The highest BCUT2D eigenvalue weighted by Crippen LogP contribution is 2.41. The number of carbonyl (C=O) groups is 2. The van der Waals surface area contributed by atoms with E-state index in [9.17, 15) is 14.7 Å². The van der Waals surface area contributed by atoms with Crippen LogP contribution in [0.2, 0.25) is 0 Å². The Morgan fingerprint density at radius 1 is 0.768 bits per heavy atom. The highest BCUT2D eigenvalue weighted by molar-refractivity contribution is 7.99. The molecule has 5 aromatic rings. The Hall–Kier alpha value is -5.13. The highest BCUT2D eigenvalue weighted by Gasteiger charge is 2.32. The number of aliphatic hydroxyl groups excluding tert-OH is 1. The number of aliphatic hydroxyl groups is 1. The number of carbonyl (C=O) groups excluding carboxylic acids is 2. The summed E-state index contributed by atoms with van der Waals surface area (Å²) in [5.74, 6) is 1.53. The lowest BCUT2D eigenvalue weighted by Gasteiger charge is -2.36. The number of nitrogens with one attached hydrogen (secondary N) is 2. The largest absolute Gasteiger partial charge is 0.496 e. The van der Waals surface area contributed by atoms with Crippen LogP contribution < -0.4 is 21.1 Å². The molecule has 0 unspecified atom stereocenters. The van der Waals surface area contributed by atoms with Gasteiger partial charge in [0.25, 0.3) is 0 Å². The van der Waals surface area contributed by atoms with E-state index in [4.69, 9.17) is 19.9 Å². The second-order valence-electron chi connectivity index (χ2n) is 14.0. The third-order valence-electron chi connectivity index (χ3n) is 9.81. The molecule has 1 heterocycles. The van der Waals surface area contributed by atoms with Gasteiger partial charge in [-0.05, 0) is 77.1 Å². The van der Waals surface area contributed by atoms with Gasteiger partial charge in [0, 0.05) is 42.0 Å². The molecule has 5 aromatic carbocycles. The molecule has 1 aliphatic rings. The van der Waals surface area contributed by atoms with Crippen LogP contribution in [0, 0.1) is 0 Å². The van der Waals surface area contributed by atoms with Crippen LogP contribution in [0.1, 0.15) is 79.6 Å². The van der Waals surface area contributed by atoms with E-state index in [1.165, 1.54) is 0 Å². The zero-order valence-corrected chi connectivity index (χ0v) is 32.6. The van der Waals surface area contributed by atoms with Gasteiger partial charge >= 0.3 is 0 Å². The van der Waals surface area contributed by atoms with Gasteiger partial charge in [-0.25, -0.2) is 0 Å². The summed E-state index contributed by atoms with van der Waals surface area (Å²) in [6.45, 7) is 0.430. The SMILES string of the molecule is COc1ccccc1SC[C@@H]1C[C@H](c2ccc(CO)cc2)O[C@H](c2cccc(-c3cccc(CNC(=O)CCCCCCC(=O)Nc4ccccc4N)c3)c2)O1. The van der Waals surface area contributed by atoms with E-state index in [2.05, 4.69) is 41.0 Å². The third kappa shape index (κ3) is 11.7. The van der Waals surface area contributed by atoms with Gasteiger partial charge in [-0.15, -0.1) is 11.8 Å². The van der Waals surface area contributed by atoms with Crippen molar-refractivity contribution in [3.8, 4) is 16.9 Å². The maximum absolute atomic E-state index is 12.7. The van der Waals surface area contributed by atoms with E-state index in [0.29, 0.717) is 37.2 Å². The number of nitrogen functional groups attached to an aromatic ring is 1. The Morgan fingerprint density at radius 2 is 1.48 bits per heavy atom. The molecule has 0 spiro atoms. The molecule has 0 aromatic heterocycles. The van der Waals surface area contributed by atoms with Gasteiger partial charge in [-0.2, -0.15) is 0 Å². The molecule has 0 radical (unpaired) electrons. The summed E-state index contributed by atoms with van der Waals surface area (Å²) in [5.41, 5.74) is 13.0. The highest BCUT2D eigenvalue weighted by atomic mass is 32.2. The van der Waals surface area contributed by atoms with Crippen LogP contribution in [0.25, 0.3) is 11.1 Å². The predicted molar refractivity (Wildman–Crippen MR) is 223 cm³/mol. The van der Waals surface area contributed by atoms with Crippen molar-refractivity contribution in [1.82, 2.24) is 5.32 Å². The number of thioether (sulfide) groups is 1. The van der Waals surface area contributed by atoms with Gasteiger partial charge in [-0.1, -0.05) is 97.8 Å². The quantitative estimate of drug-likeness (QED) is 0.0394. The van der Waals surface area contributed by atoms with Gasteiger partial charge in [0.05, 0.1) is 37.3 Å². The van der Waals surface area contributed by atoms with Crippen LogP contribution >= 0.6 is 11.8 Å². The first-order chi connectivity index (χ1) is 27.4. The summed E-state index contributed by atoms with van der Waals surface area (Å²) in [5, 5.41) is 15.5. The fourth-order valence-electron chi connectivity index (χ4n) is 6.71. The van der Waals surface area contributed by atoms with Crippen molar-refractivity contribution in [1.29, 1.82) is 0 Å². The van der Waals surface area contributed by atoms with E-state index in [1.807, 2.05) is 78.9 Å². The average molecular weight is 774 g/mol. The molecule has 9 nitrogen and oxygen atoms in total. The lowest BCUT2D eigenvalue weighted by Crippen LogP contribution is -2.31. The van der Waals surface area contributed by atoms with Gasteiger partial charge in [0.2, 0.25) is 11.8 Å². The smallest absolute Gasteiger partial charge is 0.224 e. The Balaban J connectivity index is 1.02. The number of anilines is 2. The van der Waals surface area contributed by atoms with Crippen LogP contribution in [0.4, 0.5) is 11.4 Å². The molecule has 0 aliphatic carbocycles. The zero-order valence-electron chi connectivity index (χ0n) is 31.8. The Labute approximate surface area is 334 Å². The third-order valence-corrected chi connectivity index (χ3v) is 11.0. The maximum Gasteiger partial charge on any atom is 0.224 e. The summed E-state index contributed by atoms with van der Waals surface area (Å²) < 4.78 is 18.9. The van der Waals surface area contributed by atoms with Crippen LogP contribution in [-0.4, -0.2) is 35.9 Å². The monoisotopic (exact) mass is 773 g/mol. The predicted octanol–water partition coefficient (Wildman–Crippen LogP) is 9.37. The van der Waals surface area contributed by atoms with Crippen molar-refractivity contribution in [2.45, 2.75) is 81.5 Å². The standard InChI is InChI=1S/C46H51N3O6S/c1-53-41-18-8-9-19-43(41)56-31-38-28-42(34-24-22-32(30-50)23-25-34)55-46(54-38)37-15-11-14-36(27-37)35-13-10-12-33(26-35)29-48-44(51)20-4-2-3-5-21-45(52)49-40-17-7-6-16-39(40)47/h6-19,22-27,38,42,46,50H,2-5,20-21,28-31,47H2,1H3,(H,48,51)(H,49,52)/t38-,42+,46+/m0/s1. The molecule has 3 atom stereocenters. The van der Waals surface area contributed by atoms with Crippen molar-refractivity contribution in [3.05, 3.63) is 144 Å². The van der Waals surface area contributed by atoms with Crippen molar-refractivity contribution in [2.24, 2.45) is 0 Å². The number of amides is 2. The summed E-state index contributed by atoms with van der Waals surface area (Å²) >= 11 is 1.71. The Morgan fingerprint density at radius 3 is 2.25 bits per heavy atom. The molecule has 0 bridgehead atoms.